The molecular formula is C24H26N4O3. The Balaban J connectivity index is 1.79. The fraction of sp³-hybridized carbons (Fsp3) is 0.292. The van der Waals surface area contributed by atoms with Crippen LogP contribution in [0.5, 0.6) is 5.75 Å². The van der Waals surface area contributed by atoms with Crippen molar-refractivity contribution in [3.63, 3.8) is 0 Å². The summed E-state index contributed by atoms with van der Waals surface area (Å²) in [6.45, 7) is 8.56. The maximum absolute atomic E-state index is 12.8. The Morgan fingerprint density at radius 2 is 1.74 bits per heavy atom. The van der Waals surface area contributed by atoms with Crippen molar-refractivity contribution < 1.29 is 14.3 Å². The van der Waals surface area contributed by atoms with E-state index < -0.39 is 6.04 Å². The van der Waals surface area contributed by atoms with Crippen LogP contribution in [-0.2, 0) is 9.53 Å². The minimum atomic E-state index is -0.431. The van der Waals surface area contributed by atoms with Crippen molar-refractivity contribution in [2.24, 2.45) is 0 Å². The number of nitrogens with one attached hydrogen (secondary N) is 1. The van der Waals surface area contributed by atoms with Crippen LogP contribution in [0.3, 0.4) is 0 Å². The van der Waals surface area contributed by atoms with Crippen LogP contribution in [0.15, 0.2) is 59.8 Å². The highest BCUT2D eigenvalue weighted by molar-refractivity contribution is 5.92. The van der Waals surface area contributed by atoms with Crippen LogP contribution >= 0.6 is 0 Å². The number of nitrogens with zero attached hydrogens (tertiary/aromatic N) is 3. The topological polar surface area (TPSA) is 78.3 Å². The van der Waals surface area contributed by atoms with Gasteiger partial charge in [0.1, 0.15) is 11.8 Å². The molecule has 0 amide bonds. The smallest absolute Gasteiger partial charge is 0.338 e. The number of esters is 1. The summed E-state index contributed by atoms with van der Waals surface area (Å²) in [4.78, 5) is 17.5. The number of ether oxygens (including phenoxy) is 2. The molecule has 4 rings (SSSR count). The monoisotopic (exact) mass is 418 g/mol. The van der Waals surface area contributed by atoms with Gasteiger partial charge in [-0.15, -0.1) is 5.10 Å². The van der Waals surface area contributed by atoms with E-state index >= 15 is 0 Å². The first kappa shape index (κ1) is 20.7. The summed E-state index contributed by atoms with van der Waals surface area (Å²) in [5.41, 5.74) is 4.19. The van der Waals surface area contributed by atoms with E-state index in [4.69, 9.17) is 19.6 Å². The zero-order chi connectivity index (χ0) is 22.0. The lowest BCUT2D eigenvalue weighted by Gasteiger charge is -2.28. The molecule has 0 spiro atoms. The Kier molecular flexibility index (Phi) is 5.75. The van der Waals surface area contributed by atoms with Gasteiger partial charge < -0.3 is 14.8 Å². The van der Waals surface area contributed by atoms with Gasteiger partial charge in [-0.25, -0.2) is 9.48 Å². The summed E-state index contributed by atoms with van der Waals surface area (Å²) in [5.74, 6) is 1.59. The van der Waals surface area contributed by atoms with E-state index in [1.165, 1.54) is 0 Å². The number of rotatable bonds is 6. The summed E-state index contributed by atoms with van der Waals surface area (Å²) in [7, 11) is 0. The third-order valence-electron chi connectivity index (χ3n) is 5.16. The predicted octanol–water partition coefficient (Wildman–Crippen LogP) is 4.50. The number of hydrogen-bond donors (Lipinski definition) is 1. The molecule has 0 saturated heterocycles. The van der Waals surface area contributed by atoms with Gasteiger partial charge in [0, 0.05) is 11.3 Å². The molecule has 0 aliphatic carbocycles. The fourth-order valence-electron chi connectivity index (χ4n) is 3.67. The molecule has 0 radical (unpaired) electrons. The van der Waals surface area contributed by atoms with Crippen molar-refractivity contribution in [3.05, 3.63) is 70.9 Å². The summed E-state index contributed by atoms with van der Waals surface area (Å²) in [6.07, 6.45) is 0. The van der Waals surface area contributed by atoms with E-state index in [9.17, 15) is 4.79 Å². The van der Waals surface area contributed by atoms with Gasteiger partial charge in [0.2, 0.25) is 5.95 Å². The maximum atomic E-state index is 12.8. The summed E-state index contributed by atoms with van der Waals surface area (Å²) in [6, 6.07) is 15.3. The highest BCUT2D eigenvalue weighted by Gasteiger charge is 2.35. The number of allylic oxidation sites excluding steroid dienone is 1. The fourth-order valence-corrected chi connectivity index (χ4v) is 3.67. The summed E-state index contributed by atoms with van der Waals surface area (Å²) >= 11 is 0. The van der Waals surface area contributed by atoms with Crippen LogP contribution in [0.4, 0.5) is 5.95 Å². The Morgan fingerprint density at radius 1 is 1.03 bits per heavy atom. The average molecular weight is 418 g/mol. The lowest BCUT2D eigenvalue weighted by atomic mass is 9.95. The Hall–Kier alpha value is -3.61. The Morgan fingerprint density at radius 3 is 2.39 bits per heavy atom. The Labute approximate surface area is 181 Å². The average Bonchev–Trinajstić information content (AvgIpc) is 3.18. The third kappa shape index (κ3) is 4.03. The lowest BCUT2D eigenvalue weighted by molar-refractivity contribution is -0.139. The number of carbonyl (C=O) groups excluding carboxylic acids is 1. The van der Waals surface area contributed by atoms with Crippen LogP contribution in [0.2, 0.25) is 0 Å². The lowest BCUT2D eigenvalue weighted by Crippen LogP contribution is -2.29. The number of aromatic nitrogens is 3. The predicted molar refractivity (Wildman–Crippen MR) is 119 cm³/mol. The molecular weight excluding hydrogens is 392 g/mol. The molecule has 160 valence electrons. The largest absolute Gasteiger partial charge is 0.494 e. The minimum absolute atomic E-state index is 0.303. The molecule has 1 aliphatic heterocycles. The van der Waals surface area contributed by atoms with E-state index in [0.29, 0.717) is 36.3 Å². The molecule has 7 nitrogen and oxygen atoms in total. The van der Waals surface area contributed by atoms with Gasteiger partial charge in [-0.2, -0.15) is 4.98 Å². The van der Waals surface area contributed by atoms with Crippen molar-refractivity contribution in [2.45, 2.75) is 33.7 Å². The van der Waals surface area contributed by atoms with Gasteiger partial charge in [-0.3, -0.25) is 0 Å². The molecule has 0 bridgehead atoms. The van der Waals surface area contributed by atoms with Crippen molar-refractivity contribution in [3.8, 4) is 17.1 Å². The molecule has 1 aromatic heterocycles. The molecule has 3 aromatic rings. The van der Waals surface area contributed by atoms with Crippen LogP contribution < -0.4 is 10.1 Å². The van der Waals surface area contributed by atoms with Gasteiger partial charge in [0.15, 0.2) is 5.82 Å². The van der Waals surface area contributed by atoms with Crippen molar-refractivity contribution in [1.82, 2.24) is 14.8 Å². The molecule has 2 aromatic carbocycles. The number of carbonyl (C=O) groups is 1. The normalized spacial score (nSPS) is 15.3. The number of benzene rings is 2. The molecule has 0 saturated carbocycles. The molecule has 1 aliphatic rings. The molecule has 31 heavy (non-hydrogen) atoms. The second-order valence-corrected chi connectivity index (χ2v) is 7.36. The zero-order valence-corrected chi connectivity index (χ0v) is 18.2. The second-order valence-electron chi connectivity index (χ2n) is 7.36. The highest BCUT2D eigenvalue weighted by Crippen LogP contribution is 2.37. The number of anilines is 1. The standard InChI is InChI=1S/C24H26N4O3/c1-5-30-19-13-11-18(12-14-19)22-26-24-25-16(4)20(23(29)31-6-2)21(28(24)27-22)17-9-7-15(3)8-10-17/h7-14,21H,5-6H2,1-4H3,(H,25,26,27). The van der Waals surface area contributed by atoms with Gasteiger partial charge in [0.05, 0.1) is 18.8 Å². The third-order valence-corrected chi connectivity index (χ3v) is 5.16. The van der Waals surface area contributed by atoms with Gasteiger partial charge >= 0.3 is 5.97 Å². The number of hydrogen-bond acceptors (Lipinski definition) is 6. The first-order valence-electron chi connectivity index (χ1n) is 10.4. The molecule has 1 N–H and O–H groups in total. The van der Waals surface area contributed by atoms with Crippen molar-refractivity contribution in [2.75, 3.05) is 18.5 Å². The molecule has 1 atom stereocenters. The minimum Gasteiger partial charge on any atom is -0.494 e. The quantitative estimate of drug-likeness (QED) is 0.594. The molecule has 1 unspecified atom stereocenters. The summed E-state index contributed by atoms with van der Waals surface area (Å²) in [5, 5.41) is 7.99. The van der Waals surface area contributed by atoms with Gasteiger partial charge in [-0.05, 0) is 57.5 Å². The van der Waals surface area contributed by atoms with E-state index in [-0.39, 0.29) is 5.97 Å². The number of aryl methyl sites for hydroxylation is 1. The van der Waals surface area contributed by atoms with E-state index in [1.807, 2.05) is 69.3 Å². The molecule has 2 heterocycles. The van der Waals surface area contributed by atoms with Crippen LogP contribution in [0.25, 0.3) is 11.4 Å². The van der Waals surface area contributed by atoms with Gasteiger partial charge in [0.25, 0.3) is 0 Å². The SMILES string of the molecule is CCOC(=O)C1=C(C)Nc2nc(-c3ccc(OCC)cc3)nn2C1c1ccc(C)cc1. The van der Waals surface area contributed by atoms with Crippen LogP contribution in [0, 0.1) is 6.92 Å². The van der Waals surface area contributed by atoms with Crippen LogP contribution in [-0.4, -0.2) is 33.9 Å². The second kappa shape index (κ2) is 8.63. The molecule has 7 heteroatoms. The van der Waals surface area contributed by atoms with E-state index in [2.05, 4.69) is 5.32 Å². The molecule has 0 fully saturated rings. The van der Waals surface area contributed by atoms with Crippen LogP contribution in [0.1, 0.15) is 37.9 Å². The Bertz CT molecular complexity index is 1110. The van der Waals surface area contributed by atoms with Crippen molar-refractivity contribution in [1.29, 1.82) is 0 Å². The first-order valence-corrected chi connectivity index (χ1v) is 10.4. The first-order chi connectivity index (χ1) is 15.0. The van der Waals surface area contributed by atoms with Crippen molar-refractivity contribution >= 4 is 11.9 Å². The maximum Gasteiger partial charge on any atom is 0.338 e. The zero-order valence-electron chi connectivity index (χ0n) is 18.2. The highest BCUT2D eigenvalue weighted by atomic mass is 16.5. The van der Waals surface area contributed by atoms with Gasteiger partial charge in [-0.1, -0.05) is 29.8 Å². The van der Waals surface area contributed by atoms with E-state index in [0.717, 1.165) is 22.4 Å². The number of fused-ring (bicyclic) bond motifs is 1. The summed E-state index contributed by atoms with van der Waals surface area (Å²) < 4.78 is 12.6. The van der Waals surface area contributed by atoms with E-state index in [1.54, 1.807) is 11.6 Å².